The van der Waals surface area contributed by atoms with Gasteiger partial charge in [0, 0.05) is 6.04 Å². The lowest BCUT2D eigenvalue weighted by Gasteiger charge is -2.19. The topological polar surface area (TPSA) is 37.4 Å². The first-order chi connectivity index (χ1) is 7.33. The average Bonchev–Trinajstić information content (AvgIpc) is 2.17. The Morgan fingerprint density at radius 1 is 1.19 bits per heavy atom. The number of sulfone groups is 1. The minimum Gasteiger partial charge on any atom is -0.306 e. The van der Waals surface area contributed by atoms with Crippen molar-refractivity contribution in [3.8, 4) is 0 Å². The highest BCUT2D eigenvalue weighted by Gasteiger charge is 2.19. The molecular weight excluding hydrogens is 222 g/mol. The summed E-state index contributed by atoms with van der Waals surface area (Å²) in [5.41, 5.74) is 1.07. The van der Waals surface area contributed by atoms with Crippen molar-refractivity contribution in [1.82, 2.24) is 4.90 Å². The molecule has 0 bridgehead atoms. The summed E-state index contributed by atoms with van der Waals surface area (Å²) in [5.74, 6) is 0.156. The van der Waals surface area contributed by atoms with Crippen LogP contribution >= 0.6 is 0 Å². The van der Waals surface area contributed by atoms with Gasteiger partial charge in [-0.3, -0.25) is 0 Å². The SMILES string of the molecule is Cc1ccc(S(=O)(=O)CC(C)N(C)C)cc1. The van der Waals surface area contributed by atoms with Crippen LogP contribution in [-0.4, -0.2) is 39.2 Å². The number of rotatable bonds is 4. The van der Waals surface area contributed by atoms with E-state index < -0.39 is 9.84 Å². The summed E-state index contributed by atoms with van der Waals surface area (Å²) in [6.45, 7) is 3.85. The van der Waals surface area contributed by atoms with Gasteiger partial charge in [0.15, 0.2) is 9.84 Å². The van der Waals surface area contributed by atoms with Crippen molar-refractivity contribution in [2.45, 2.75) is 24.8 Å². The molecule has 0 aliphatic carbocycles. The van der Waals surface area contributed by atoms with E-state index in [1.54, 1.807) is 12.1 Å². The molecule has 1 atom stereocenters. The molecule has 0 fully saturated rings. The van der Waals surface area contributed by atoms with Gasteiger partial charge in [0.05, 0.1) is 10.6 Å². The Kier molecular flexibility index (Phi) is 4.10. The van der Waals surface area contributed by atoms with E-state index in [9.17, 15) is 8.42 Å². The molecule has 3 nitrogen and oxygen atoms in total. The molecule has 0 saturated heterocycles. The molecule has 1 aromatic carbocycles. The Hall–Kier alpha value is -0.870. The lowest BCUT2D eigenvalue weighted by atomic mass is 10.2. The third-order valence-corrected chi connectivity index (χ3v) is 4.63. The van der Waals surface area contributed by atoms with Crippen LogP contribution in [-0.2, 0) is 9.84 Å². The molecule has 1 rings (SSSR count). The molecule has 1 unspecified atom stereocenters. The third-order valence-electron chi connectivity index (χ3n) is 2.72. The average molecular weight is 241 g/mol. The van der Waals surface area contributed by atoms with Crippen LogP contribution in [0.25, 0.3) is 0 Å². The monoisotopic (exact) mass is 241 g/mol. The molecule has 0 radical (unpaired) electrons. The van der Waals surface area contributed by atoms with Gasteiger partial charge in [-0.25, -0.2) is 8.42 Å². The smallest absolute Gasteiger partial charge is 0.179 e. The van der Waals surface area contributed by atoms with Crippen LogP contribution in [0, 0.1) is 6.92 Å². The Labute approximate surface area is 98.0 Å². The third kappa shape index (κ3) is 3.32. The highest BCUT2D eigenvalue weighted by Crippen LogP contribution is 2.14. The summed E-state index contributed by atoms with van der Waals surface area (Å²) >= 11 is 0. The highest BCUT2D eigenvalue weighted by atomic mass is 32.2. The van der Waals surface area contributed by atoms with Crippen molar-refractivity contribution in [3.05, 3.63) is 29.8 Å². The second-order valence-corrected chi connectivity index (χ2v) is 6.44. The molecule has 0 amide bonds. The van der Waals surface area contributed by atoms with Crippen LogP contribution in [0.4, 0.5) is 0 Å². The summed E-state index contributed by atoms with van der Waals surface area (Å²) < 4.78 is 24.1. The Morgan fingerprint density at radius 3 is 2.12 bits per heavy atom. The zero-order chi connectivity index (χ0) is 12.3. The van der Waals surface area contributed by atoms with E-state index >= 15 is 0 Å². The van der Waals surface area contributed by atoms with E-state index in [2.05, 4.69) is 0 Å². The molecular formula is C12H19NO2S. The van der Waals surface area contributed by atoms with Gasteiger partial charge >= 0.3 is 0 Å². The molecule has 90 valence electrons. The van der Waals surface area contributed by atoms with Gasteiger partial charge in [0.1, 0.15) is 0 Å². The van der Waals surface area contributed by atoms with E-state index in [1.807, 2.05) is 45.0 Å². The molecule has 1 aromatic rings. The van der Waals surface area contributed by atoms with Gasteiger partial charge in [-0.15, -0.1) is 0 Å². The quantitative estimate of drug-likeness (QED) is 0.805. The van der Waals surface area contributed by atoms with E-state index in [0.717, 1.165) is 5.56 Å². The number of hydrogen-bond donors (Lipinski definition) is 0. The minimum atomic E-state index is -3.16. The minimum absolute atomic E-state index is 0.0197. The van der Waals surface area contributed by atoms with Gasteiger partial charge in [-0.1, -0.05) is 17.7 Å². The van der Waals surface area contributed by atoms with Crippen LogP contribution in [0.3, 0.4) is 0 Å². The molecule has 0 spiro atoms. The van der Waals surface area contributed by atoms with Crippen LogP contribution < -0.4 is 0 Å². The highest BCUT2D eigenvalue weighted by molar-refractivity contribution is 7.91. The predicted octanol–water partition coefficient (Wildman–Crippen LogP) is 1.72. The summed E-state index contributed by atoms with van der Waals surface area (Å²) in [4.78, 5) is 2.32. The van der Waals surface area contributed by atoms with E-state index in [4.69, 9.17) is 0 Å². The van der Waals surface area contributed by atoms with Crippen LogP contribution in [0.1, 0.15) is 12.5 Å². The maximum absolute atomic E-state index is 12.0. The lowest BCUT2D eigenvalue weighted by Crippen LogP contribution is -2.31. The summed E-state index contributed by atoms with van der Waals surface area (Å²) in [5, 5.41) is 0. The van der Waals surface area contributed by atoms with Gasteiger partial charge < -0.3 is 4.90 Å². The van der Waals surface area contributed by atoms with E-state index in [1.165, 1.54) is 0 Å². The summed E-state index contributed by atoms with van der Waals surface area (Å²) in [7, 11) is 0.606. The van der Waals surface area contributed by atoms with E-state index in [-0.39, 0.29) is 11.8 Å². The number of benzene rings is 1. The number of aryl methyl sites for hydroxylation is 1. The fraction of sp³-hybridized carbons (Fsp3) is 0.500. The maximum Gasteiger partial charge on any atom is 0.179 e. The molecule has 16 heavy (non-hydrogen) atoms. The maximum atomic E-state index is 12.0. The predicted molar refractivity (Wildman–Crippen MR) is 66.4 cm³/mol. The second kappa shape index (κ2) is 4.97. The Morgan fingerprint density at radius 2 is 1.69 bits per heavy atom. The molecule has 4 heteroatoms. The van der Waals surface area contributed by atoms with Crippen molar-refractivity contribution in [1.29, 1.82) is 0 Å². The summed E-state index contributed by atoms with van der Waals surface area (Å²) in [6.07, 6.45) is 0. The van der Waals surface area contributed by atoms with Crippen molar-refractivity contribution in [2.75, 3.05) is 19.8 Å². The van der Waals surface area contributed by atoms with Crippen LogP contribution in [0.2, 0.25) is 0 Å². The van der Waals surface area contributed by atoms with Crippen molar-refractivity contribution in [2.24, 2.45) is 0 Å². The fourth-order valence-electron chi connectivity index (χ4n) is 1.31. The van der Waals surface area contributed by atoms with Crippen LogP contribution in [0.5, 0.6) is 0 Å². The van der Waals surface area contributed by atoms with Crippen molar-refractivity contribution < 1.29 is 8.42 Å². The first-order valence-electron chi connectivity index (χ1n) is 5.29. The van der Waals surface area contributed by atoms with E-state index in [0.29, 0.717) is 4.90 Å². The fourth-order valence-corrected chi connectivity index (χ4v) is 2.98. The normalized spacial score (nSPS) is 14.1. The number of hydrogen-bond acceptors (Lipinski definition) is 3. The van der Waals surface area contributed by atoms with Crippen molar-refractivity contribution in [3.63, 3.8) is 0 Å². The molecule has 0 saturated carbocycles. The van der Waals surface area contributed by atoms with Crippen LogP contribution in [0.15, 0.2) is 29.2 Å². The Balaban J connectivity index is 2.90. The molecule has 0 aromatic heterocycles. The molecule has 0 aliphatic rings. The second-order valence-electron chi connectivity index (χ2n) is 4.41. The zero-order valence-corrected chi connectivity index (χ0v) is 11.1. The zero-order valence-electron chi connectivity index (χ0n) is 10.3. The lowest BCUT2D eigenvalue weighted by molar-refractivity contribution is 0.336. The molecule has 0 N–H and O–H groups in total. The standard InChI is InChI=1S/C12H19NO2S/c1-10-5-7-12(8-6-10)16(14,15)9-11(2)13(3)4/h5-8,11H,9H2,1-4H3. The van der Waals surface area contributed by atoms with Gasteiger partial charge in [-0.05, 0) is 40.1 Å². The first kappa shape index (κ1) is 13.2. The molecule has 0 heterocycles. The van der Waals surface area contributed by atoms with Gasteiger partial charge in [-0.2, -0.15) is 0 Å². The summed E-state index contributed by atoms with van der Waals surface area (Å²) in [6, 6.07) is 7.02. The van der Waals surface area contributed by atoms with Gasteiger partial charge in [0.25, 0.3) is 0 Å². The van der Waals surface area contributed by atoms with Gasteiger partial charge in [0.2, 0.25) is 0 Å². The largest absolute Gasteiger partial charge is 0.306 e. The molecule has 0 aliphatic heterocycles. The first-order valence-corrected chi connectivity index (χ1v) is 6.94. The van der Waals surface area contributed by atoms with Crippen molar-refractivity contribution >= 4 is 9.84 Å². The number of nitrogens with zero attached hydrogens (tertiary/aromatic N) is 1. The Bertz CT molecular complexity index is 435.